The molecule has 0 fully saturated rings. The molecule has 0 atom stereocenters. The van der Waals surface area contributed by atoms with Crippen molar-refractivity contribution in [3.63, 3.8) is 0 Å². The molecule has 144 valence electrons. The van der Waals surface area contributed by atoms with Gasteiger partial charge in [-0.15, -0.1) is 0 Å². The van der Waals surface area contributed by atoms with Crippen molar-refractivity contribution in [3.05, 3.63) is 59.7 Å². The summed E-state index contributed by atoms with van der Waals surface area (Å²) in [5.74, 6) is 0.990. The second-order valence-electron chi connectivity index (χ2n) is 7.59. The van der Waals surface area contributed by atoms with Crippen molar-refractivity contribution in [1.82, 2.24) is 4.90 Å². The molecule has 0 bridgehead atoms. The third kappa shape index (κ3) is 3.50. The van der Waals surface area contributed by atoms with Crippen LogP contribution >= 0.6 is 0 Å². The van der Waals surface area contributed by atoms with Crippen LogP contribution in [0, 0.1) is 5.92 Å². The van der Waals surface area contributed by atoms with E-state index in [1.165, 1.54) is 0 Å². The van der Waals surface area contributed by atoms with Crippen LogP contribution in [-0.4, -0.2) is 35.8 Å². The van der Waals surface area contributed by atoms with Crippen molar-refractivity contribution in [2.45, 2.75) is 26.8 Å². The van der Waals surface area contributed by atoms with Gasteiger partial charge in [0.1, 0.15) is 5.84 Å². The van der Waals surface area contributed by atoms with Gasteiger partial charge < -0.3 is 5.32 Å². The number of hydrogen-bond donors (Lipinski definition) is 1. The Balaban J connectivity index is 1.68. The lowest BCUT2D eigenvalue weighted by Crippen LogP contribution is -2.49. The maximum absolute atomic E-state index is 13.1. The molecule has 2 heterocycles. The van der Waals surface area contributed by atoms with Crippen molar-refractivity contribution in [2.75, 3.05) is 23.3 Å². The smallest absolute Gasteiger partial charge is 0.326 e. The highest BCUT2D eigenvalue weighted by atomic mass is 16.2. The third-order valence-corrected chi connectivity index (χ3v) is 4.89. The highest BCUT2D eigenvalue weighted by Crippen LogP contribution is 2.34. The summed E-state index contributed by atoms with van der Waals surface area (Å²) in [4.78, 5) is 33.3. The van der Waals surface area contributed by atoms with E-state index in [4.69, 9.17) is 0 Å². The minimum atomic E-state index is -0.0517. The van der Waals surface area contributed by atoms with Gasteiger partial charge in [0.05, 0.1) is 18.8 Å². The lowest BCUT2D eigenvalue weighted by atomic mass is 10.0. The average Bonchev–Trinajstić information content (AvgIpc) is 3.15. The van der Waals surface area contributed by atoms with E-state index in [1.807, 2.05) is 62.4 Å². The molecule has 0 radical (unpaired) electrons. The summed E-state index contributed by atoms with van der Waals surface area (Å²) in [6.07, 6.45) is 0.475. The fourth-order valence-corrected chi connectivity index (χ4v) is 3.64. The molecule has 2 aromatic carbocycles. The Morgan fingerprint density at radius 1 is 1.18 bits per heavy atom. The molecule has 0 aromatic heterocycles. The Bertz CT molecular complexity index is 937. The first-order chi connectivity index (χ1) is 13.5. The molecular formula is C22H24N4O2. The van der Waals surface area contributed by atoms with Crippen LogP contribution < -0.4 is 10.2 Å². The monoisotopic (exact) mass is 376 g/mol. The van der Waals surface area contributed by atoms with Gasteiger partial charge in [-0.2, -0.15) is 0 Å². The molecule has 6 nitrogen and oxygen atoms in total. The molecule has 6 heteroatoms. The number of carbonyl (C=O) groups is 2. The van der Waals surface area contributed by atoms with Gasteiger partial charge in [0.2, 0.25) is 5.91 Å². The number of amidine groups is 1. The highest BCUT2D eigenvalue weighted by molar-refractivity contribution is 6.20. The van der Waals surface area contributed by atoms with Gasteiger partial charge in [0.15, 0.2) is 0 Å². The zero-order valence-corrected chi connectivity index (χ0v) is 16.2. The number of urea groups is 1. The van der Waals surface area contributed by atoms with Crippen LogP contribution in [0.3, 0.4) is 0 Å². The van der Waals surface area contributed by atoms with E-state index >= 15 is 0 Å². The minimum Gasteiger partial charge on any atom is -0.326 e. The second-order valence-corrected chi connectivity index (χ2v) is 7.59. The molecular weight excluding hydrogens is 352 g/mol. The number of fused-ring (bicyclic) bond motifs is 3. The van der Waals surface area contributed by atoms with Crippen LogP contribution in [0.5, 0.6) is 0 Å². The molecule has 2 aliphatic rings. The first kappa shape index (κ1) is 18.2. The quantitative estimate of drug-likeness (QED) is 0.861. The molecule has 0 spiro atoms. The fraction of sp³-hybridized carbons (Fsp3) is 0.318. The molecule has 4 rings (SSSR count). The van der Waals surface area contributed by atoms with Crippen LogP contribution in [0.2, 0.25) is 0 Å². The molecule has 3 amide bonds. The highest BCUT2D eigenvalue weighted by Gasteiger charge is 2.37. The molecule has 1 N–H and O–H groups in total. The number of rotatable bonds is 5. The summed E-state index contributed by atoms with van der Waals surface area (Å²) < 4.78 is 0. The number of benzene rings is 2. The van der Waals surface area contributed by atoms with Crippen molar-refractivity contribution in [2.24, 2.45) is 10.9 Å². The first-order valence-corrected chi connectivity index (χ1v) is 9.64. The van der Waals surface area contributed by atoms with Crippen molar-refractivity contribution < 1.29 is 9.59 Å². The summed E-state index contributed by atoms with van der Waals surface area (Å²) in [5, 5.41) is 2.96. The maximum atomic E-state index is 13.1. The molecule has 2 aromatic rings. The second kappa shape index (κ2) is 7.46. The summed E-state index contributed by atoms with van der Waals surface area (Å²) in [6, 6.07) is 15.6. The number of anilines is 2. The Labute approximate surface area is 164 Å². The van der Waals surface area contributed by atoms with E-state index in [0.29, 0.717) is 37.8 Å². The van der Waals surface area contributed by atoms with Gasteiger partial charge in [-0.05, 0) is 29.7 Å². The number of aliphatic imine (C=N–C) groups is 1. The molecule has 28 heavy (non-hydrogen) atoms. The van der Waals surface area contributed by atoms with E-state index in [1.54, 1.807) is 9.80 Å². The lowest BCUT2D eigenvalue weighted by Gasteiger charge is -2.35. The zero-order chi connectivity index (χ0) is 19.7. The van der Waals surface area contributed by atoms with Crippen LogP contribution in [0.1, 0.15) is 31.4 Å². The standard InChI is InChI=1S/C22H24N4O2/c1-15(2)12-20(27)24-17-8-9-19-18(13-17)21-23-10-11-25(21)22(28)26(19)14-16-6-4-3-5-7-16/h3-9,13,15H,10-12,14H2,1-2H3,(H,24,27). The lowest BCUT2D eigenvalue weighted by molar-refractivity contribution is -0.116. The fourth-order valence-electron chi connectivity index (χ4n) is 3.64. The topological polar surface area (TPSA) is 65.0 Å². The number of nitrogens with zero attached hydrogens (tertiary/aromatic N) is 3. The Morgan fingerprint density at radius 3 is 2.71 bits per heavy atom. The minimum absolute atomic E-state index is 0.00630. The van der Waals surface area contributed by atoms with Crippen molar-refractivity contribution in [3.8, 4) is 0 Å². The van der Waals surface area contributed by atoms with Gasteiger partial charge >= 0.3 is 6.03 Å². The molecule has 0 unspecified atom stereocenters. The summed E-state index contributed by atoms with van der Waals surface area (Å²) in [5.41, 5.74) is 3.51. The van der Waals surface area contributed by atoms with Gasteiger partial charge in [0, 0.05) is 24.2 Å². The Hall–Kier alpha value is -3.15. The predicted octanol–water partition coefficient (Wildman–Crippen LogP) is 3.87. The van der Waals surface area contributed by atoms with Gasteiger partial charge in [0.25, 0.3) is 0 Å². The van der Waals surface area contributed by atoms with Gasteiger partial charge in [-0.25, -0.2) is 4.79 Å². The summed E-state index contributed by atoms with van der Waals surface area (Å²) in [7, 11) is 0. The number of hydrogen-bond acceptors (Lipinski definition) is 3. The van der Waals surface area contributed by atoms with E-state index < -0.39 is 0 Å². The molecule has 0 saturated carbocycles. The van der Waals surface area contributed by atoms with Crippen LogP contribution in [0.25, 0.3) is 0 Å². The van der Waals surface area contributed by atoms with E-state index in [-0.39, 0.29) is 11.9 Å². The van der Waals surface area contributed by atoms with E-state index in [2.05, 4.69) is 10.3 Å². The predicted molar refractivity (Wildman–Crippen MR) is 111 cm³/mol. The SMILES string of the molecule is CC(C)CC(=O)Nc1ccc2c(c1)C1=NCCN1C(=O)N2Cc1ccccc1. The Kier molecular flexibility index (Phi) is 4.86. The summed E-state index contributed by atoms with van der Waals surface area (Å²) >= 11 is 0. The van der Waals surface area contributed by atoms with Crippen LogP contribution in [0.4, 0.5) is 16.2 Å². The average molecular weight is 376 g/mol. The first-order valence-electron chi connectivity index (χ1n) is 9.64. The number of amides is 3. The third-order valence-electron chi connectivity index (χ3n) is 4.89. The number of nitrogens with one attached hydrogen (secondary N) is 1. The van der Waals surface area contributed by atoms with Crippen molar-refractivity contribution >= 4 is 29.1 Å². The molecule has 2 aliphatic heterocycles. The summed E-state index contributed by atoms with van der Waals surface area (Å²) in [6.45, 7) is 5.72. The normalized spacial score (nSPS) is 15.4. The van der Waals surface area contributed by atoms with Gasteiger partial charge in [-0.3, -0.25) is 19.6 Å². The maximum Gasteiger partial charge on any atom is 0.330 e. The van der Waals surface area contributed by atoms with Crippen LogP contribution in [-0.2, 0) is 11.3 Å². The van der Waals surface area contributed by atoms with E-state index in [0.717, 1.165) is 22.5 Å². The number of carbonyl (C=O) groups excluding carboxylic acids is 2. The Morgan fingerprint density at radius 2 is 1.96 bits per heavy atom. The van der Waals surface area contributed by atoms with Crippen molar-refractivity contribution in [1.29, 1.82) is 0 Å². The van der Waals surface area contributed by atoms with Gasteiger partial charge in [-0.1, -0.05) is 44.2 Å². The molecule has 0 saturated heterocycles. The largest absolute Gasteiger partial charge is 0.330 e. The zero-order valence-electron chi connectivity index (χ0n) is 16.2. The van der Waals surface area contributed by atoms with Crippen LogP contribution in [0.15, 0.2) is 53.5 Å². The molecule has 0 aliphatic carbocycles. The van der Waals surface area contributed by atoms with E-state index in [9.17, 15) is 9.59 Å².